The lowest BCUT2D eigenvalue weighted by Gasteiger charge is -2.27. The lowest BCUT2D eigenvalue weighted by molar-refractivity contribution is 0.440. The highest BCUT2D eigenvalue weighted by Crippen LogP contribution is 2.42. The lowest BCUT2D eigenvalue weighted by Crippen LogP contribution is -2.33. The molecule has 2 heteroatoms. The zero-order valence-corrected chi connectivity index (χ0v) is 11.3. The summed E-state index contributed by atoms with van der Waals surface area (Å²) in [6.07, 6.45) is 5.09. The second-order valence-electron chi connectivity index (χ2n) is 5.87. The van der Waals surface area contributed by atoms with E-state index in [1.807, 2.05) is 0 Å². The lowest BCUT2D eigenvalue weighted by atomic mass is 9.81. The maximum absolute atomic E-state index is 6.10. The molecule has 1 aliphatic carbocycles. The van der Waals surface area contributed by atoms with E-state index in [0.717, 1.165) is 6.54 Å². The van der Waals surface area contributed by atoms with Gasteiger partial charge in [-0.25, -0.2) is 0 Å². The second kappa shape index (κ2) is 4.13. The number of hydrogen-bond acceptors (Lipinski definition) is 1. The minimum Gasteiger partial charge on any atom is -0.358 e. The summed E-state index contributed by atoms with van der Waals surface area (Å²) in [5.41, 5.74) is 11.7. The summed E-state index contributed by atoms with van der Waals surface area (Å²) < 4.78 is 0. The van der Waals surface area contributed by atoms with Gasteiger partial charge in [0.1, 0.15) is 0 Å². The molecular formula is C16H22N2. The first kappa shape index (κ1) is 11.8. The van der Waals surface area contributed by atoms with Crippen LogP contribution >= 0.6 is 0 Å². The summed E-state index contributed by atoms with van der Waals surface area (Å²) in [5.74, 6) is 0. The standard InChI is InChI=1S/C16H22N2/c1-11-5-6-14-13(9-11)12(2)15(18-14)16(10-17)7-3-4-8-16/h5-6,9,18H,3-4,7-8,10,17H2,1-2H3. The Morgan fingerprint density at radius 1 is 1.22 bits per heavy atom. The van der Waals surface area contributed by atoms with E-state index in [2.05, 4.69) is 37.0 Å². The molecule has 1 saturated carbocycles. The number of aryl methyl sites for hydroxylation is 2. The Hall–Kier alpha value is -1.28. The van der Waals surface area contributed by atoms with Crippen LogP contribution in [0.25, 0.3) is 10.9 Å². The fraction of sp³-hybridized carbons (Fsp3) is 0.500. The summed E-state index contributed by atoms with van der Waals surface area (Å²) in [4.78, 5) is 3.64. The van der Waals surface area contributed by atoms with Crippen LogP contribution in [0.5, 0.6) is 0 Å². The van der Waals surface area contributed by atoms with E-state index < -0.39 is 0 Å². The largest absolute Gasteiger partial charge is 0.358 e. The van der Waals surface area contributed by atoms with Crippen molar-refractivity contribution in [3.8, 4) is 0 Å². The Kier molecular flexibility index (Phi) is 2.70. The molecule has 3 N–H and O–H groups in total. The molecule has 0 radical (unpaired) electrons. The fourth-order valence-corrected chi connectivity index (χ4v) is 3.58. The molecule has 1 aliphatic rings. The van der Waals surface area contributed by atoms with Crippen molar-refractivity contribution in [2.45, 2.75) is 44.9 Å². The molecule has 0 bridgehead atoms. The molecule has 0 aliphatic heterocycles. The molecule has 0 amide bonds. The highest BCUT2D eigenvalue weighted by molar-refractivity contribution is 5.85. The van der Waals surface area contributed by atoms with Gasteiger partial charge in [-0.3, -0.25) is 0 Å². The molecule has 1 aromatic heterocycles. The zero-order valence-electron chi connectivity index (χ0n) is 11.3. The van der Waals surface area contributed by atoms with Gasteiger partial charge in [-0.05, 0) is 44.4 Å². The molecule has 2 aromatic rings. The average molecular weight is 242 g/mol. The summed E-state index contributed by atoms with van der Waals surface area (Å²) in [6.45, 7) is 5.16. The molecule has 3 rings (SSSR count). The van der Waals surface area contributed by atoms with Crippen molar-refractivity contribution >= 4 is 10.9 Å². The fourth-order valence-electron chi connectivity index (χ4n) is 3.58. The Bertz CT molecular complexity index is 574. The highest BCUT2D eigenvalue weighted by Gasteiger charge is 2.37. The van der Waals surface area contributed by atoms with Crippen molar-refractivity contribution in [1.29, 1.82) is 0 Å². The van der Waals surface area contributed by atoms with E-state index in [9.17, 15) is 0 Å². The number of aromatic nitrogens is 1. The first-order valence-electron chi connectivity index (χ1n) is 6.96. The minimum atomic E-state index is 0.205. The molecular weight excluding hydrogens is 220 g/mol. The number of rotatable bonds is 2. The van der Waals surface area contributed by atoms with Crippen molar-refractivity contribution in [3.63, 3.8) is 0 Å². The quantitative estimate of drug-likeness (QED) is 0.830. The monoisotopic (exact) mass is 242 g/mol. The highest BCUT2D eigenvalue weighted by atomic mass is 14.8. The van der Waals surface area contributed by atoms with Crippen LogP contribution in [-0.2, 0) is 5.41 Å². The second-order valence-corrected chi connectivity index (χ2v) is 5.87. The number of aromatic amines is 1. The average Bonchev–Trinajstić information content (AvgIpc) is 2.96. The van der Waals surface area contributed by atoms with E-state index in [1.165, 1.54) is 53.4 Å². The topological polar surface area (TPSA) is 41.8 Å². The maximum Gasteiger partial charge on any atom is 0.0459 e. The van der Waals surface area contributed by atoms with Gasteiger partial charge in [0.25, 0.3) is 0 Å². The van der Waals surface area contributed by atoms with Gasteiger partial charge in [-0.1, -0.05) is 24.5 Å². The zero-order chi connectivity index (χ0) is 12.8. The van der Waals surface area contributed by atoms with E-state index in [0.29, 0.717) is 0 Å². The number of nitrogens with two attached hydrogens (primary N) is 1. The van der Waals surface area contributed by atoms with E-state index in [4.69, 9.17) is 5.73 Å². The number of hydrogen-bond donors (Lipinski definition) is 2. The van der Waals surface area contributed by atoms with Crippen LogP contribution in [0.1, 0.15) is 42.5 Å². The van der Waals surface area contributed by atoms with Crippen LogP contribution in [0.15, 0.2) is 18.2 Å². The summed E-state index contributed by atoms with van der Waals surface area (Å²) in [6, 6.07) is 6.65. The number of fused-ring (bicyclic) bond motifs is 1. The normalized spacial score (nSPS) is 18.6. The third kappa shape index (κ3) is 1.59. The first-order chi connectivity index (χ1) is 8.66. The van der Waals surface area contributed by atoms with Crippen molar-refractivity contribution in [2.24, 2.45) is 5.73 Å². The molecule has 1 heterocycles. The Morgan fingerprint density at radius 3 is 2.61 bits per heavy atom. The molecule has 0 spiro atoms. The van der Waals surface area contributed by atoms with Gasteiger partial charge in [-0.15, -0.1) is 0 Å². The Balaban J connectivity index is 2.20. The molecule has 1 fully saturated rings. The van der Waals surface area contributed by atoms with E-state index in [1.54, 1.807) is 0 Å². The minimum absolute atomic E-state index is 0.205. The van der Waals surface area contributed by atoms with Crippen molar-refractivity contribution in [1.82, 2.24) is 4.98 Å². The van der Waals surface area contributed by atoms with Gasteiger partial charge in [0, 0.05) is 28.6 Å². The predicted octanol–water partition coefficient (Wildman–Crippen LogP) is 3.56. The van der Waals surface area contributed by atoms with Crippen molar-refractivity contribution in [2.75, 3.05) is 6.54 Å². The number of benzene rings is 1. The smallest absolute Gasteiger partial charge is 0.0459 e. The van der Waals surface area contributed by atoms with Crippen molar-refractivity contribution < 1.29 is 0 Å². The van der Waals surface area contributed by atoms with Crippen LogP contribution < -0.4 is 5.73 Å². The molecule has 18 heavy (non-hydrogen) atoms. The molecule has 96 valence electrons. The molecule has 1 aromatic carbocycles. The Labute approximate surface area is 109 Å². The van der Waals surface area contributed by atoms with E-state index >= 15 is 0 Å². The van der Waals surface area contributed by atoms with Crippen LogP contribution in [0.3, 0.4) is 0 Å². The van der Waals surface area contributed by atoms with E-state index in [-0.39, 0.29) is 5.41 Å². The summed E-state index contributed by atoms with van der Waals surface area (Å²) in [5, 5.41) is 1.37. The van der Waals surface area contributed by atoms with Crippen molar-refractivity contribution in [3.05, 3.63) is 35.0 Å². The van der Waals surface area contributed by atoms with Gasteiger partial charge in [0.05, 0.1) is 0 Å². The molecule has 2 nitrogen and oxygen atoms in total. The van der Waals surface area contributed by atoms with Gasteiger partial charge in [-0.2, -0.15) is 0 Å². The molecule has 0 unspecified atom stereocenters. The third-order valence-corrected chi connectivity index (χ3v) is 4.70. The van der Waals surface area contributed by atoms with Gasteiger partial charge in [0.2, 0.25) is 0 Å². The molecule has 0 atom stereocenters. The van der Waals surface area contributed by atoms with Crippen LogP contribution in [-0.4, -0.2) is 11.5 Å². The summed E-state index contributed by atoms with van der Waals surface area (Å²) in [7, 11) is 0. The first-order valence-corrected chi connectivity index (χ1v) is 6.96. The number of H-pyrrole nitrogens is 1. The SMILES string of the molecule is Cc1ccc2[nH]c(C3(CN)CCCC3)c(C)c2c1. The van der Waals surface area contributed by atoms with Crippen LogP contribution in [0.2, 0.25) is 0 Å². The molecule has 0 saturated heterocycles. The predicted molar refractivity (Wildman–Crippen MR) is 77.0 cm³/mol. The van der Waals surface area contributed by atoms with Crippen LogP contribution in [0.4, 0.5) is 0 Å². The van der Waals surface area contributed by atoms with Gasteiger partial charge >= 0.3 is 0 Å². The third-order valence-electron chi connectivity index (χ3n) is 4.70. The number of nitrogens with one attached hydrogen (secondary N) is 1. The summed E-state index contributed by atoms with van der Waals surface area (Å²) >= 11 is 0. The maximum atomic E-state index is 6.10. The Morgan fingerprint density at radius 2 is 1.94 bits per heavy atom. The van der Waals surface area contributed by atoms with Gasteiger partial charge in [0.15, 0.2) is 0 Å². The van der Waals surface area contributed by atoms with Crippen LogP contribution in [0, 0.1) is 13.8 Å². The van der Waals surface area contributed by atoms with Gasteiger partial charge < -0.3 is 10.7 Å².